The summed E-state index contributed by atoms with van der Waals surface area (Å²) < 4.78 is 5.18. The van der Waals surface area contributed by atoms with E-state index in [4.69, 9.17) is 4.74 Å². The Hall–Kier alpha value is -2.70. The molecule has 2 aliphatic heterocycles. The number of ether oxygens (including phenoxy) is 1. The first-order valence-corrected chi connectivity index (χ1v) is 11.2. The number of anilines is 1. The van der Waals surface area contributed by atoms with Gasteiger partial charge in [-0.3, -0.25) is 19.4 Å². The van der Waals surface area contributed by atoms with Crippen LogP contribution in [0.1, 0.15) is 24.0 Å². The van der Waals surface area contributed by atoms with Gasteiger partial charge in [0.05, 0.1) is 25.3 Å². The lowest BCUT2D eigenvalue weighted by molar-refractivity contribution is -0.123. The zero-order valence-corrected chi connectivity index (χ0v) is 18.0. The Kier molecular flexibility index (Phi) is 5.50. The number of methoxy groups -OCH3 is 1. The van der Waals surface area contributed by atoms with E-state index in [1.54, 1.807) is 31.4 Å². The van der Waals surface area contributed by atoms with Crippen LogP contribution in [0.15, 0.2) is 48.5 Å². The third-order valence-corrected chi connectivity index (χ3v) is 7.08. The van der Waals surface area contributed by atoms with Gasteiger partial charge in [-0.25, -0.2) is 4.90 Å². The first kappa shape index (κ1) is 20.2. The molecular formula is C25H29N3O3. The summed E-state index contributed by atoms with van der Waals surface area (Å²) in [6.45, 7) is 3.57. The summed E-state index contributed by atoms with van der Waals surface area (Å²) in [6.07, 6.45) is 3.72. The van der Waals surface area contributed by atoms with Gasteiger partial charge in [-0.1, -0.05) is 24.3 Å². The number of fused-ring (bicyclic) bond motifs is 1. The van der Waals surface area contributed by atoms with Crippen molar-refractivity contribution in [2.45, 2.75) is 37.8 Å². The molecule has 6 nitrogen and oxygen atoms in total. The van der Waals surface area contributed by atoms with E-state index in [0.717, 1.165) is 39.0 Å². The summed E-state index contributed by atoms with van der Waals surface area (Å²) in [5, 5.41) is 0. The number of hydrogen-bond donors (Lipinski definition) is 0. The minimum absolute atomic E-state index is 0.102. The monoisotopic (exact) mass is 419 g/mol. The van der Waals surface area contributed by atoms with Crippen molar-refractivity contribution >= 4 is 17.5 Å². The number of aryl methyl sites for hydroxylation is 1. The average Bonchev–Trinajstić information content (AvgIpc) is 3.12. The van der Waals surface area contributed by atoms with Crippen LogP contribution in [-0.2, 0) is 22.4 Å². The molecule has 2 saturated heterocycles. The highest BCUT2D eigenvalue weighted by atomic mass is 16.5. The van der Waals surface area contributed by atoms with Crippen molar-refractivity contribution in [1.82, 2.24) is 9.80 Å². The third-order valence-electron chi connectivity index (χ3n) is 7.08. The van der Waals surface area contributed by atoms with Gasteiger partial charge in [0.1, 0.15) is 5.75 Å². The van der Waals surface area contributed by atoms with Crippen LogP contribution in [0.3, 0.4) is 0 Å². The summed E-state index contributed by atoms with van der Waals surface area (Å²) in [4.78, 5) is 31.9. The second-order valence-electron chi connectivity index (χ2n) is 8.72. The molecule has 1 aliphatic carbocycles. The standard InChI is InChI=1S/C25H29N3O3/c1-31-22-10-8-20(9-11-22)28-24(29)17-23(25(28)30)27-14-12-26(13-15-27)21-7-6-18-4-2-3-5-19(18)16-21/h2-5,8-11,21,23H,6-7,12-17H2,1H3/t21-,23-/m1/s1. The molecule has 2 fully saturated rings. The van der Waals surface area contributed by atoms with E-state index in [-0.39, 0.29) is 24.3 Å². The number of hydrogen-bond acceptors (Lipinski definition) is 5. The molecule has 0 N–H and O–H groups in total. The number of nitrogens with zero attached hydrogens (tertiary/aromatic N) is 3. The molecule has 0 unspecified atom stereocenters. The van der Waals surface area contributed by atoms with Crippen LogP contribution in [0.4, 0.5) is 5.69 Å². The van der Waals surface area contributed by atoms with E-state index in [1.165, 1.54) is 22.4 Å². The SMILES string of the molecule is COc1ccc(N2C(=O)C[C@@H](N3CCN([C@@H]4CCc5ccccc5C4)CC3)C2=O)cc1. The Bertz CT molecular complexity index is 966. The van der Waals surface area contributed by atoms with E-state index in [0.29, 0.717) is 17.5 Å². The van der Waals surface area contributed by atoms with Gasteiger partial charge < -0.3 is 4.74 Å². The maximum atomic E-state index is 13.1. The largest absolute Gasteiger partial charge is 0.497 e. The molecule has 2 heterocycles. The lowest BCUT2D eigenvalue weighted by Crippen LogP contribution is -2.55. The summed E-state index contributed by atoms with van der Waals surface area (Å²) in [5.41, 5.74) is 3.59. The second-order valence-corrected chi connectivity index (χ2v) is 8.72. The van der Waals surface area contributed by atoms with Gasteiger partial charge >= 0.3 is 0 Å². The minimum Gasteiger partial charge on any atom is -0.497 e. The summed E-state index contributed by atoms with van der Waals surface area (Å²) in [6, 6.07) is 16.1. The van der Waals surface area contributed by atoms with Crippen LogP contribution in [0, 0.1) is 0 Å². The quantitative estimate of drug-likeness (QED) is 0.713. The highest BCUT2D eigenvalue weighted by molar-refractivity contribution is 6.22. The molecule has 0 bridgehead atoms. The van der Waals surface area contributed by atoms with Gasteiger partial charge in [0, 0.05) is 32.2 Å². The zero-order chi connectivity index (χ0) is 21.4. The van der Waals surface area contributed by atoms with Crippen molar-refractivity contribution in [1.29, 1.82) is 0 Å². The fourth-order valence-electron chi connectivity index (χ4n) is 5.31. The van der Waals surface area contributed by atoms with Crippen LogP contribution in [-0.4, -0.2) is 67.0 Å². The van der Waals surface area contributed by atoms with Gasteiger partial charge in [0.2, 0.25) is 5.91 Å². The molecule has 3 aliphatic rings. The van der Waals surface area contributed by atoms with Crippen LogP contribution in [0.5, 0.6) is 5.75 Å². The van der Waals surface area contributed by atoms with E-state index in [1.807, 2.05) is 0 Å². The first-order valence-electron chi connectivity index (χ1n) is 11.2. The molecule has 5 rings (SSSR count). The number of carbonyl (C=O) groups excluding carboxylic acids is 2. The van der Waals surface area contributed by atoms with Gasteiger partial charge in [0.25, 0.3) is 5.91 Å². The fourth-order valence-corrected chi connectivity index (χ4v) is 5.31. The van der Waals surface area contributed by atoms with Gasteiger partial charge in [-0.2, -0.15) is 0 Å². The number of carbonyl (C=O) groups is 2. The molecule has 0 saturated carbocycles. The molecule has 0 spiro atoms. The van der Waals surface area contributed by atoms with Crippen LogP contribution in [0.2, 0.25) is 0 Å². The minimum atomic E-state index is -0.344. The van der Waals surface area contributed by atoms with Gasteiger partial charge in [-0.05, 0) is 54.7 Å². The summed E-state index contributed by atoms with van der Waals surface area (Å²) in [7, 11) is 1.60. The molecule has 2 aromatic carbocycles. The Morgan fingerprint density at radius 1 is 0.839 bits per heavy atom. The Morgan fingerprint density at radius 3 is 2.23 bits per heavy atom. The van der Waals surface area contributed by atoms with E-state index >= 15 is 0 Å². The fraction of sp³-hybridized carbons (Fsp3) is 0.440. The first-order chi connectivity index (χ1) is 15.1. The molecule has 2 aromatic rings. The highest BCUT2D eigenvalue weighted by Gasteiger charge is 2.43. The van der Waals surface area contributed by atoms with Crippen molar-refractivity contribution in [3.8, 4) is 5.75 Å². The number of amides is 2. The molecule has 6 heteroatoms. The number of benzene rings is 2. The summed E-state index contributed by atoms with van der Waals surface area (Å²) in [5.74, 6) is 0.488. The van der Waals surface area contributed by atoms with E-state index in [9.17, 15) is 9.59 Å². The maximum Gasteiger partial charge on any atom is 0.251 e. The summed E-state index contributed by atoms with van der Waals surface area (Å²) >= 11 is 0. The lowest BCUT2D eigenvalue weighted by atomic mass is 9.87. The molecule has 31 heavy (non-hydrogen) atoms. The van der Waals surface area contributed by atoms with Crippen molar-refractivity contribution in [2.75, 3.05) is 38.2 Å². The predicted molar refractivity (Wildman–Crippen MR) is 119 cm³/mol. The Balaban J connectivity index is 1.21. The smallest absolute Gasteiger partial charge is 0.251 e. The highest BCUT2D eigenvalue weighted by Crippen LogP contribution is 2.29. The Morgan fingerprint density at radius 2 is 1.52 bits per heavy atom. The predicted octanol–water partition coefficient (Wildman–Crippen LogP) is 2.50. The molecule has 2 atom stereocenters. The number of piperazine rings is 1. The van der Waals surface area contributed by atoms with Gasteiger partial charge in [-0.15, -0.1) is 0 Å². The molecule has 0 radical (unpaired) electrons. The average molecular weight is 420 g/mol. The lowest BCUT2D eigenvalue weighted by Gasteiger charge is -2.42. The maximum absolute atomic E-state index is 13.1. The topological polar surface area (TPSA) is 53.1 Å². The molecule has 0 aromatic heterocycles. The molecule has 162 valence electrons. The number of rotatable bonds is 4. The van der Waals surface area contributed by atoms with Crippen LogP contribution < -0.4 is 9.64 Å². The Labute approximate surface area is 183 Å². The van der Waals surface area contributed by atoms with E-state index in [2.05, 4.69) is 34.1 Å². The third kappa shape index (κ3) is 3.86. The zero-order valence-electron chi connectivity index (χ0n) is 18.0. The van der Waals surface area contributed by atoms with Crippen molar-refractivity contribution in [3.05, 3.63) is 59.7 Å². The molecular weight excluding hydrogens is 390 g/mol. The second kappa shape index (κ2) is 8.44. The van der Waals surface area contributed by atoms with Crippen molar-refractivity contribution < 1.29 is 14.3 Å². The van der Waals surface area contributed by atoms with Gasteiger partial charge in [0.15, 0.2) is 0 Å². The van der Waals surface area contributed by atoms with Crippen LogP contribution >= 0.6 is 0 Å². The van der Waals surface area contributed by atoms with E-state index < -0.39 is 0 Å². The van der Waals surface area contributed by atoms with Crippen molar-refractivity contribution in [3.63, 3.8) is 0 Å². The van der Waals surface area contributed by atoms with Crippen molar-refractivity contribution in [2.24, 2.45) is 0 Å². The molecule has 2 amide bonds. The number of imide groups is 1. The normalized spacial score (nSPS) is 25.0. The van der Waals surface area contributed by atoms with Crippen LogP contribution in [0.25, 0.3) is 0 Å².